The lowest BCUT2D eigenvalue weighted by Crippen LogP contribution is -2.25. The Kier molecular flexibility index (Phi) is 3.99. The van der Waals surface area contributed by atoms with E-state index in [0.717, 1.165) is 35.2 Å². The molecule has 1 aliphatic heterocycles. The molecule has 1 amide bonds. The minimum Gasteiger partial charge on any atom is -0.454 e. The van der Waals surface area contributed by atoms with Crippen molar-refractivity contribution in [2.75, 3.05) is 21.0 Å². The number of nitrogens with zero attached hydrogens (tertiary/aromatic N) is 2. The van der Waals surface area contributed by atoms with Crippen molar-refractivity contribution >= 4 is 17.2 Å². The van der Waals surface area contributed by atoms with Crippen LogP contribution in [-0.2, 0) is 17.7 Å². The van der Waals surface area contributed by atoms with Crippen LogP contribution in [0.25, 0.3) is 11.3 Å². The molecule has 144 valence electrons. The first kappa shape index (κ1) is 17.1. The topological polar surface area (TPSA) is 85.9 Å². The van der Waals surface area contributed by atoms with Crippen LogP contribution in [0.4, 0.5) is 0 Å². The van der Waals surface area contributed by atoms with Gasteiger partial charge in [-0.2, -0.15) is 5.10 Å². The number of hydrogen-bond donors (Lipinski definition) is 1. The van der Waals surface area contributed by atoms with Crippen molar-refractivity contribution < 1.29 is 23.8 Å². The fraction of sp³-hybridized carbons (Fsp3) is 0.263. The molecule has 28 heavy (non-hydrogen) atoms. The van der Waals surface area contributed by atoms with Crippen molar-refractivity contribution in [3.63, 3.8) is 0 Å². The number of nitrogens with one attached hydrogen (secondary N) is 1. The third kappa shape index (κ3) is 2.62. The highest BCUT2D eigenvalue weighted by Crippen LogP contribution is 2.49. The highest BCUT2D eigenvalue weighted by Gasteiger charge is 2.32. The largest absolute Gasteiger partial charge is 0.454 e. The summed E-state index contributed by atoms with van der Waals surface area (Å²) in [4.78, 5) is 18.5. The second-order valence-electron chi connectivity index (χ2n) is 6.44. The van der Waals surface area contributed by atoms with E-state index in [1.807, 2.05) is 18.3 Å². The summed E-state index contributed by atoms with van der Waals surface area (Å²) in [7, 11) is 3.06. The van der Waals surface area contributed by atoms with Gasteiger partial charge in [-0.3, -0.25) is 14.7 Å². The number of rotatable bonds is 4. The van der Waals surface area contributed by atoms with Gasteiger partial charge in [0.05, 0.1) is 24.6 Å². The van der Waals surface area contributed by atoms with Crippen molar-refractivity contribution in [1.29, 1.82) is 0 Å². The Bertz CT molecular complexity index is 1070. The molecule has 9 heteroatoms. The van der Waals surface area contributed by atoms with Crippen LogP contribution in [0.5, 0.6) is 22.3 Å². The van der Waals surface area contributed by atoms with Crippen molar-refractivity contribution in [1.82, 2.24) is 15.3 Å². The average Bonchev–Trinajstić information content (AvgIpc) is 3.44. The zero-order valence-corrected chi connectivity index (χ0v) is 16.1. The normalized spacial score (nSPS) is 13.8. The number of carbonyl (C=O) groups excluding carboxylic acids is 1. The van der Waals surface area contributed by atoms with Crippen LogP contribution < -0.4 is 14.2 Å². The van der Waals surface area contributed by atoms with Gasteiger partial charge in [0.1, 0.15) is 10.6 Å². The van der Waals surface area contributed by atoms with Crippen LogP contribution in [-0.4, -0.2) is 42.1 Å². The summed E-state index contributed by atoms with van der Waals surface area (Å²) in [5, 5.41) is 9.08. The maximum Gasteiger partial charge on any atom is 0.287 e. The van der Waals surface area contributed by atoms with Crippen LogP contribution in [0.1, 0.15) is 20.8 Å². The number of ether oxygens (including phenoxy) is 3. The third-order valence-electron chi connectivity index (χ3n) is 4.90. The van der Waals surface area contributed by atoms with Gasteiger partial charge in [0.25, 0.3) is 5.91 Å². The fourth-order valence-corrected chi connectivity index (χ4v) is 4.62. The highest BCUT2D eigenvalue weighted by atomic mass is 32.1. The van der Waals surface area contributed by atoms with E-state index in [0.29, 0.717) is 27.2 Å². The second kappa shape index (κ2) is 6.54. The van der Waals surface area contributed by atoms with Crippen molar-refractivity contribution in [3.8, 4) is 33.6 Å². The van der Waals surface area contributed by atoms with Gasteiger partial charge in [-0.1, -0.05) is 11.3 Å². The van der Waals surface area contributed by atoms with Gasteiger partial charge in [-0.25, -0.2) is 5.06 Å². The minimum absolute atomic E-state index is 0.201. The van der Waals surface area contributed by atoms with Gasteiger partial charge < -0.3 is 14.2 Å². The first-order valence-corrected chi connectivity index (χ1v) is 9.55. The highest BCUT2D eigenvalue weighted by molar-refractivity contribution is 7.16. The zero-order chi connectivity index (χ0) is 19.3. The number of hydrogen-bond acceptors (Lipinski definition) is 7. The number of fused-ring (bicyclic) bond motifs is 4. The van der Waals surface area contributed by atoms with E-state index in [4.69, 9.17) is 19.0 Å². The van der Waals surface area contributed by atoms with E-state index in [1.165, 1.54) is 23.5 Å². The molecular weight excluding hydrogens is 382 g/mol. The molecule has 0 saturated heterocycles. The SMILES string of the molecule is CON(C)C(=O)c1sc(Oc2ccc3c(c2)OCO3)c2c1CCc1cn[nH]c1-2. The number of thiophene rings is 1. The third-order valence-corrected chi connectivity index (χ3v) is 5.99. The Morgan fingerprint density at radius 3 is 3.00 bits per heavy atom. The van der Waals surface area contributed by atoms with Gasteiger partial charge in [-0.15, -0.1) is 0 Å². The molecule has 3 aromatic rings. The monoisotopic (exact) mass is 399 g/mol. The Hall–Kier alpha value is -3.04. The summed E-state index contributed by atoms with van der Waals surface area (Å²) >= 11 is 1.31. The van der Waals surface area contributed by atoms with Gasteiger partial charge >= 0.3 is 0 Å². The molecule has 1 aliphatic carbocycles. The lowest BCUT2D eigenvalue weighted by molar-refractivity contribution is -0.0754. The van der Waals surface area contributed by atoms with Crippen LogP contribution in [0, 0.1) is 0 Å². The molecule has 1 N–H and O–H groups in total. The molecule has 2 aromatic heterocycles. The van der Waals surface area contributed by atoms with Gasteiger partial charge in [-0.05, 0) is 36.1 Å². The maximum atomic E-state index is 12.8. The van der Waals surface area contributed by atoms with E-state index >= 15 is 0 Å². The zero-order valence-electron chi connectivity index (χ0n) is 15.3. The average molecular weight is 399 g/mol. The Labute approximate surface area is 164 Å². The molecule has 1 aromatic carbocycles. The molecule has 0 unspecified atom stereocenters. The lowest BCUT2D eigenvalue weighted by Gasteiger charge is -2.16. The van der Waals surface area contributed by atoms with E-state index in [-0.39, 0.29) is 12.7 Å². The fourth-order valence-electron chi connectivity index (χ4n) is 3.43. The van der Waals surface area contributed by atoms with Crippen LogP contribution >= 0.6 is 11.3 Å². The molecular formula is C19H17N3O5S. The van der Waals surface area contributed by atoms with Crippen molar-refractivity contribution in [3.05, 3.63) is 40.4 Å². The molecule has 0 fully saturated rings. The predicted octanol–water partition coefficient (Wildman–Crippen LogP) is 3.39. The molecule has 0 atom stereocenters. The number of amides is 1. The number of aromatic amines is 1. The van der Waals surface area contributed by atoms with Crippen LogP contribution in [0.2, 0.25) is 0 Å². The van der Waals surface area contributed by atoms with Crippen molar-refractivity contribution in [2.45, 2.75) is 12.8 Å². The Morgan fingerprint density at radius 1 is 1.29 bits per heavy atom. The number of aryl methyl sites for hydroxylation is 1. The molecule has 2 aliphatic rings. The molecule has 5 rings (SSSR count). The Balaban J connectivity index is 1.60. The number of hydroxylamine groups is 2. The first-order valence-electron chi connectivity index (χ1n) is 8.73. The number of aromatic nitrogens is 2. The van der Waals surface area contributed by atoms with Gasteiger partial charge in [0, 0.05) is 13.1 Å². The van der Waals surface area contributed by atoms with Crippen LogP contribution in [0.15, 0.2) is 24.4 Å². The van der Waals surface area contributed by atoms with Crippen molar-refractivity contribution in [2.24, 2.45) is 0 Å². The smallest absolute Gasteiger partial charge is 0.287 e. The number of H-pyrrole nitrogens is 1. The summed E-state index contributed by atoms with van der Waals surface area (Å²) < 4.78 is 17.0. The minimum atomic E-state index is -0.202. The van der Waals surface area contributed by atoms with E-state index < -0.39 is 0 Å². The van der Waals surface area contributed by atoms with E-state index in [1.54, 1.807) is 13.1 Å². The molecule has 0 spiro atoms. The molecule has 3 heterocycles. The summed E-state index contributed by atoms with van der Waals surface area (Å²) in [6.45, 7) is 0.201. The molecule has 8 nitrogen and oxygen atoms in total. The maximum absolute atomic E-state index is 12.8. The molecule has 0 bridgehead atoms. The number of carbonyl (C=O) groups is 1. The standard InChI is InChI=1S/C19H17N3O5S/c1-22(24-2)18(23)17-12-5-3-10-8-20-21-16(10)15(12)19(28-17)27-11-4-6-13-14(7-11)26-9-25-13/h4,6-8H,3,5,9H2,1-2H3,(H,20,21). The molecule has 0 radical (unpaired) electrons. The van der Waals surface area contributed by atoms with E-state index in [9.17, 15) is 4.79 Å². The Morgan fingerprint density at radius 2 is 2.14 bits per heavy atom. The predicted molar refractivity (Wildman–Crippen MR) is 101 cm³/mol. The number of benzene rings is 1. The second-order valence-corrected chi connectivity index (χ2v) is 7.43. The first-order chi connectivity index (χ1) is 13.7. The quantitative estimate of drug-likeness (QED) is 0.677. The lowest BCUT2D eigenvalue weighted by atomic mass is 9.92. The van der Waals surface area contributed by atoms with E-state index in [2.05, 4.69) is 10.2 Å². The summed E-state index contributed by atoms with van der Waals surface area (Å²) in [5.74, 6) is 1.74. The van der Waals surface area contributed by atoms with Crippen LogP contribution in [0.3, 0.4) is 0 Å². The summed E-state index contributed by atoms with van der Waals surface area (Å²) in [6.07, 6.45) is 3.38. The van der Waals surface area contributed by atoms with Gasteiger partial charge in [0.2, 0.25) is 6.79 Å². The summed E-state index contributed by atoms with van der Waals surface area (Å²) in [6, 6.07) is 5.41. The molecule has 0 saturated carbocycles. The summed E-state index contributed by atoms with van der Waals surface area (Å²) in [5.41, 5.74) is 3.84. The van der Waals surface area contributed by atoms with Gasteiger partial charge in [0.15, 0.2) is 16.6 Å².